The Kier molecular flexibility index (Phi) is 4.49. The normalized spacial score (nSPS) is 9.33. The monoisotopic (exact) mass is 236 g/mol. The van der Waals surface area contributed by atoms with E-state index in [-0.39, 0.29) is 0 Å². The van der Waals surface area contributed by atoms with Crippen molar-refractivity contribution in [2.75, 3.05) is 5.75 Å². The minimum atomic E-state index is 0.343. The highest BCUT2D eigenvalue weighted by molar-refractivity contribution is 7.99. The summed E-state index contributed by atoms with van der Waals surface area (Å²) in [5, 5.41) is 17.9. The Morgan fingerprint density at radius 3 is 2.67 bits per heavy atom. The molecule has 0 radical (unpaired) electrons. The van der Waals surface area contributed by atoms with Crippen LogP contribution < -0.4 is 0 Å². The van der Waals surface area contributed by atoms with E-state index in [0.29, 0.717) is 16.3 Å². The third-order valence-electron chi connectivity index (χ3n) is 1.98. The first kappa shape index (κ1) is 11.9. The quantitative estimate of drug-likeness (QED) is 0.756. The maximum atomic E-state index is 8.97. The van der Waals surface area contributed by atoms with Crippen LogP contribution in [0, 0.1) is 22.7 Å². The lowest BCUT2D eigenvalue weighted by molar-refractivity contribution is 1.12. The molecule has 0 aliphatic heterocycles. The van der Waals surface area contributed by atoms with E-state index < -0.39 is 0 Å². The fourth-order valence-corrected chi connectivity index (χ4v) is 2.24. The maximum Gasteiger partial charge on any atom is 0.101 e. The third-order valence-corrected chi connectivity index (χ3v) is 3.41. The van der Waals surface area contributed by atoms with Crippen molar-refractivity contribution in [3.63, 3.8) is 0 Å². The Labute approximate surface area is 98.5 Å². The molecule has 15 heavy (non-hydrogen) atoms. The van der Waals surface area contributed by atoms with E-state index in [1.807, 2.05) is 25.1 Å². The molecule has 0 aliphatic rings. The number of hydrogen-bond acceptors (Lipinski definition) is 3. The predicted octanol–water partition coefficient (Wildman–Crippen LogP) is 3.39. The highest BCUT2D eigenvalue weighted by Gasteiger charge is 2.10. The third kappa shape index (κ3) is 2.65. The first-order valence-electron chi connectivity index (χ1n) is 4.45. The molecule has 0 saturated heterocycles. The zero-order valence-corrected chi connectivity index (χ0v) is 9.82. The van der Waals surface area contributed by atoms with Crippen molar-refractivity contribution in [2.45, 2.75) is 18.2 Å². The molecule has 1 aromatic rings. The molecular formula is C11H9ClN2S. The van der Waals surface area contributed by atoms with Crippen molar-refractivity contribution >= 4 is 23.4 Å². The molecule has 2 nitrogen and oxygen atoms in total. The zero-order chi connectivity index (χ0) is 11.3. The molecule has 4 heteroatoms. The van der Waals surface area contributed by atoms with E-state index in [4.69, 9.17) is 22.1 Å². The van der Waals surface area contributed by atoms with Crippen LogP contribution in [-0.4, -0.2) is 5.75 Å². The van der Waals surface area contributed by atoms with Crippen molar-refractivity contribution in [1.82, 2.24) is 0 Å². The second-order valence-electron chi connectivity index (χ2n) is 2.82. The van der Waals surface area contributed by atoms with Crippen LogP contribution >= 0.6 is 23.4 Å². The summed E-state index contributed by atoms with van der Waals surface area (Å²) < 4.78 is 0. The van der Waals surface area contributed by atoms with Gasteiger partial charge >= 0.3 is 0 Å². The SMILES string of the molecule is CCc1ccc(SCC#N)c(Cl)c1C#N. The molecule has 1 rings (SSSR count). The molecular weight excluding hydrogens is 228 g/mol. The summed E-state index contributed by atoms with van der Waals surface area (Å²) in [7, 11) is 0. The maximum absolute atomic E-state index is 8.97. The van der Waals surface area contributed by atoms with E-state index in [2.05, 4.69) is 6.07 Å². The molecule has 1 aromatic carbocycles. The van der Waals surface area contributed by atoms with Gasteiger partial charge in [0.05, 0.1) is 22.4 Å². The summed E-state index contributed by atoms with van der Waals surface area (Å²) in [4.78, 5) is 0.798. The first-order chi connectivity index (χ1) is 7.24. The van der Waals surface area contributed by atoms with Crippen LogP contribution in [0.4, 0.5) is 0 Å². The number of halogens is 1. The van der Waals surface area contributed by atoms with Crippen LogP contribution in [0.5, 0.6) is 0 Å². The van der Waals surface area contributed by atoms with E-state index >= 15 is 0 Å². The Morgan fingerprint density at radius 1 is 1.40 bits per heavy atom. The Balaban J connectivity index is 3.14. The number of benzene rings is 1. The van der Waals surface area contributed by atoms with Gasteiger partial charge < -0.3 is 0 Å². The number of nitriles is 2. The summed E-state index contributed by atoms with van der Waals surface area (Å²) >= 11 is 7.43. The van der Waals surface area contributed by atoms with Gasteiger partial charge in [-0.1, -0.05) is 24.6 Å². The summed E-state index contributed by atoms with van der Waals surface area (Å²) in [6, 6.07) is 7.89. The van der Waals surface area contributed by atoms with Gasteiger partial charge in [0.2, 0.25) is 0 Å². The average Bonchev–Trinajstić information content (AvgIpc) is 2.27. The molecule has 76 valence electrons. The average molecular weight is 237 g/mol. The minimum absolute atomic E-state index is 0.343. The lowest BCUT2D eigenvalue weighted by Gasteiger charge is -2.06. The molecule has 0 N–H and O–H groups in total. The number of thioether (sulfide) groups is 1. The summed E-state index contributed by atoms with van der Waals surface area (Å²) in [6.07, 6.45) is 0.784. The molecule has 0 saturated carbocycles. The second-order valence-corrected chi connectivity index (χ2v) is 4.22. The highest BCUT2D eigenvalue weighted by atomic mass is 35.5. The molecule has 0 fully saturated rings. The molecule has 0 bridgehead atoms. The number of rotatable bonds is 3. The summed E-state index contributed by atoms with van der Waals surface area (Å²) in [5.74, 6) is 0.343. The van der Waals surface area contributed by atoms with E-state index in [1.165, 1.54) is 11.8 Å². The number of nitrogens with zero attached hydrogens (tertiary/aromatic N) is 2. The second kappa shape index (κ2) is 5.66. The highest BCUT2D eigenvalue weighted by Crippen LogP contribution is 2.31. The standard InChI is InChI=1S/C11H9ClN2S/c1-2-8-3-4-10(15-6-5-13)11(12)9(8)7-14/h3-4H,2,6H2,1H3. The van der Waals surface area contributed by atoms with Crippen LogP contribution in [0.25, 0.3) is 0 Å². The lowest BCUT2D eigenvalue weighted by Crippen LogP contribution is -1.90. The van der Waals surface area contributed by atoms with Gasteiger partial charge in [0.1, 0.15) is 6.07 Å². The van der Waals surface area contributed by atoms with Gasteiger partial charge in [0.15, 0.2) is 0 Å². The van der Waals surface area contributed by atoms with Gasteiger partial charge in [-0.25, -0.2) is 0 Å². The molecule has 0 amide bonds. The zero-order valence-electron chi connectivity index (χ0n) is 8.25. The number of aryl methyl sites for hydroxylation is 1. The van der Waals surface area contributed by atoms with E-state index in [0.717, 1.165) is 16.9 Å². The molecule has 0 atom stereocenters. The smallest absolute Gasteiger partial charge is 0.101 e. The van der Waals surface area contributed by atoms with Crippen molar-refractivity contribution in [3.8, 4) is 12.1 Å². The Hall–Kier alpha value is -1.16. The molecule has 0 aromatic heterocycles. The van der Waals surface area contributed by atoms with Gasteiger partial charge in [-0.2, -0.15) is 10.5 Å². The van der Waals surface area contributed by atoms with Crippen molar-refractivity contribution in [1.29, 1.82) is 10.5 Å². The predicted molar refractivity (Wildman–Crippen MR) is 61.9 cm³/mol. The van der Waals surface area contributed by atoms with E-state index in [1.54, 1.807) is 0 Å². The topological polar surface area (TPSA) is 47.6 Å². The largest absolute Gasteiger partial charge is 0.197 e. The molecule has 0 aliphatic carbocycles. The van der Waals surface area contributed by atoms with Gasteiger partial charge in [-0.05, 0) is 18.1 Å². The van der Waals surface area contributed by atoms with Crippen molar-refractivity contribution < 1.29 is 0 Å². The van der Waals surface area contributed by atoms with Crippen LogP contribution in [0.15, 0.2) is 17.0 Å². The lowest BCUT2D eigenvalue weighted by atomic mass is 10.1. The first-order valence-corrected chi connectivity index (χ1v) is 5.82. The molecule has 0 heterocycles. The minimum Gasteiger partial charge on any atom is -0.197 e. The van der Waals surface area contributed by atoms with Crippen LogP contribution in [0.1, 0.15) is 18.1 Å². The summed E-state index contributed by atoms with van der Waals surface area (Å²) in [6.45, 7) is 1.98. The van der Waals surface area contributed by atoms with Gasteiger partial charge in [0, 0.05) is 4.90 Å². The summed E-state index contributed by atoms with van der Waals surface area (Å²) in [5.41, 5.74) is 1.48. The van der Waals surface area contributed by atoms with Crippen LogP contribution in [0.3, 0.4) is 0 Å². The number of hydrogen-bond donors (Lipinski definition) is 0. The van der Waals surface area contributed by atoms with E-state index in [9.17, 15) is 0 Å². The van der Waals surface area contributed by atoms with Crippen molar-refractivity contribution in [3.05, 3.63) is 28.3 Å². The molecule has 0 spiro atoms. The fourth-order valence-electron chi connectivity index (χ4n) is 1.23. The van der Waals surface area contributed by atoms with Crippen molar-refractivity contribution in [2.24, 2.45) is 0 Å². The molecule has 0 unspecified atom stereocenters. The van der Waals surface area contributed by atoms with Gasteiger partial charge in [-0.3, -0.25) is 0 Å². The van der Waals surface area contributed by atoms with Crippen LogP contribution in [-0.2, 0) is 6.42 Å². The Bertz CT molecular complexity index is 443. The van der Waals surface area contributed by atoms with Gasteiger partial charge in [0.25, 0.3) is 0 Å². The van der Waals surface area contributed by atoms with Gasteiger partial charge in [-0.15, -0.1) is 11.8 Å². The Morgan fingerprint density at radius 2 is 2.13 bits per heavy atom. The van der Waals surface area contributed by atoms with Crippen LogP contribution in [0.2, 0.25) is 5.02 Å². The fraction of sp³-hybridized carbons (Fsp3) is 0.273.